The molecule has 3 heterocycles. The van der Waals surface area contributed by atoms with Crippen molar-refractivity contribution in [2.24, 2.45) is 0 Å². The Bertz CT molecular complexity index is 1800. The number of alkyl carbamates (subject to hydrolysis) is 1. The van der Waals surface area contributed by atoms with Crippen molar-refractivity contribution in [1.29, 1.82) is 0 Å². The monoisotopic (exact) mass is 717 g/mol. The molecule has 1 atom stereocenters. The molecule has 0 unspecified atom stereocenters. The first-order valence-corrected chi connectivity index (χ1v) is 21.4. The van der Waals surface area contributed by atoms with E-state index in [4.69, 9.17) is 14.2 Å². The molecule has 274 valence electrons. The van der Waals surface area contributed by atoms with Crippen LogP contribution in [0.2, 0.25) is 25.7 Å². The molecule has 1 aliphatic heterocycles. The Morgan fingerprint density at radius 3 is 2.43 bits per heavy atom. The Morgan fingerprint density at radius 2 is 1.76 bits per heavy atom. The smallest absolute Gasteiger partial charge is 0.408 e. The number of rotatable bonds is 13. The zero-order valence-electron chi connectivity index (χ0n) is 30.9. The molecule has 0 saturated carbocycles. The Hall–Kier alpha value is -4.26. The van der Waals surface area contributed by atoms with E-state index in [1.807, 2.05) is 41.1 Å². The second-order valence-corrected chi connectivity index (χ2v) is 21.2. The lowest BCUT2D eigenvalue weighted by atomic mass is 10.0. The van der Waals surface area contributed by atoms with Crippen LogP contribution in [-0.2, 0) is 27.4 Å². The van der Waals surface area contributed by atoms with Gasteiger partial charge in [0.25, 0.3) is 0 Å². The molecule has 0 spiro atoms. The highest BCUT2D eigenvalue weighted by Crippen LogP contribution is 2.38. The second-order valence-electron chi connectivity index (χ2n) is 15.6. The summed E-state index contributed by atoms with van der Waals surface area (Å²) in [5, 5.41) is 6.53. The van der Waals surface area contributed by atoms with E-state index in [1.165, 1.54) is 6.07 Å². The maximum absolute atomic E-state index is 15.8. The molecule has 12 heteroatoms. The third-order valence-electron chi connectivity index (χ3n) is 8.76. The molecule has 5 rings (SSSR count). The predicted octanol–water partition coefficient (Wildman–Crippen LogP) is 7.59. The summed E-state index contributed by atoms with van der Waals surface area (Å²) in [5.41, 5.74) is 2.31. The van der Waals surface area contributed by atoms with E-state index >= 15 is 4.39 Å². The van der Waals surface area contributed by atoms with Gasteiger partial charge in [0.15, 0.2) is 11.6 Å². The zero-order valence-corrected chi connectivity index (χ0v) is 31.9. The van der Waals surface area contributed by atoms with E-state index in [0.29, 0.717) is 30.3 Å². The van der Waals surface area contributed by atoms with E-state index in [9.17, 15) is 9.59 Å². The molecule has 1 fully saturated rings. The van der Waals surface area contributed by atoms with Gasteiger partial charge in [-0.1, -0.05) is 56.0 Å². The number of likely N-dealkylation sites (tertiary alicyclic amines) is 1. The SMILES string of the molecule is CN1CCC(NC(=O)[C@H](Cc2ccc(Oc3ccnc4c3c(-c3ccccc3)cn4COCC[Si](C)(C)C)c(F)c2)NC(=O)OC(C)(C)C)CC1. The number of benzene rings is 2. The lowest BCUT2D eigenvalue weighted by Crippen LogP contribution is -2.53. The highest BCUT2D eigenvalue weighted by molar-refractivity contribution is 6.76. The first-order chi connectivity index (χ1) is 24.1. The number of carbonyl (C=O) groups excluding carboxylic acids is 2. The quantitative estimate of drug-likeness (QED) is 0.108. The Balaban J connectivity index is 1.38. The Labute approximate surface area is 301 Å². The number of fused-ring (bicyclic) bond motifs is 1. The number of carbonyl (C=O) groups is 2. The number of pyridine rings is 1. The number of halogens is 1. The molecule has 0 bridgehead atoms. The zero-order chi connectivity index (χ0) is 36.8. The summed E-state index contributed by atoms with van der Waals surface area (Å²) in [7, 11) is 0.798. The van der Waals surface area contributed by atoms with Gasteiger partial charge in [-0.15, -0.1) is 0 Å². The number of aromatic nitrogens is 2. The Kier molecular flexibility index (Phi) is 12.2. The highest BCUT2D eigenvalue weighted by atomic mass is 28.3. The minimum atomic E-state index is -1.25. The van der Waals surface area contributed by atoms with Gasteiger partial charge < -0.3 is 34.3 Å². The van der Waals surface area contributed by atoms with Crippen LogP contribution in [0.1, 0.15) is 39.2 Å². The maximum atomic E-state index is 15.8. The summed E-state index contributed by atoms with van der Waals surface area (Å²) in [6.45, 7) is 15.0. The van der Waals surface area contributed by atoms with Crippen LogP contribution in [0.3, 0.4) is 0 Å². The number of nitrogens with one attached hydrogen (secondary N) is 2. The second kappa shape index (κ2) is 16.4. The van der Waals surface area contributed by atoms with Crippen LogP contribution in [0.15, 0.2) is 67.0 Å². The fraction of sp³-hybridized carbons (Fsp3) is 0.462. The van der Waals surface area contributed by atoms with Crippen molar-refractivity contribution in [2.45, 2.75) is 90.1 Å². The van der Waals surface area contributed by atoms with Crippen LogP contribution in [0.25, 0.3) is 22.2 Å². The molecule has 2 aromatic heterocycles. The number of amides is 2. The van der Waals surface area contributed by atoms with Crippen LogP contribution in [0.4, 0.5) is 9.18 Å². The predicted molar refractivity (Wildman–Crippen MR) is 201 cm³/mol. The summed E-state index contributed by atoms with van der Waals surface area (Å²) in [6.07, 6.45) is 4.62. The third-order valence-corrected chi connectivity index (χ3v) is 10.5. The molecule has 2 aromatic carbocycles. The lowest BCUT2D eigenvalue weighted by molar-refractivity contribution is -0.124. The minimum absolute atomic E-state index is 0.00583. The minimum Gasteiger partial charge on any atom is -0.453 e. The molecular weight excluding hydrogens is 666 g/mol. The van der Waals surface area contributed by atoms with Gasteiger partial charge in [-0.2, -0.15) is 0 Å². The van der Waals surface area contributed by atoms with Gasteiger partial charge in [0.05, 0.1) is 5.39 Å². The summed E-state index contributed by atoms with van der Waals surface area (Å²) in [5.74, 6) is -0.456. The van der Waals surface area contributed by atoms with Crippen LogP contribution < -0.4 is 15.4 Å². The van der Waals surface area contributed by atoms with Crippen LogP contribution in [-0.4, -0.2) is 79.0 Å². The summed E-state index contributed by atoms with van der Waals surface area (Å²) >= 11 is 0. The largest absolute Gasteiger partial charge is 0.453 e. The van der Waals surface area contributed by atoms with Crippen molar-refractivity contribution < 1.29 is 28.2 Å². The fourth-order valence-corrected chi connectivity index (χ4v) is 6.73. The van der Waals surface area contributed by atoms with Crippen LogP contribution >= 0.6 is 0 Å². The highest BCUT2D eigenvalue weighted by Gasteiger charge is 2.28. The number of nitrogens with zero attached hydrogens (tertiary/aromatic N) is 3. The van der Waals surface area contributed by atoms with Gasteiger partial charge in [0.1, 0.15) is 29.8 Å². The molecule has 0 aliphatic carbocycles. The van der Waals surface area contributed by atoms with E-state index in [-0.39, 0.29) is 24.1 Å². The average Bonchev–Trinajstić information content (AvgIpc) is 3.43. The van der Waals surface area contributed by atoms with E-state index in [2.05, 4.69) is 47.2 Å². The van der Waals surface area contributed by atoms with Gasteiger partial charge in [0.2, 0.25) is 5.91 Å². The van der Waals surface area contributed by atoms with E-state index in [1.54, 1.807) is 45.2 Å². The number of piperidine rings is 1. The maximum Gasteiger partial charge on any atom is 0.408 e. The molecule has 2 N–H and O–H groups in total. The van der Waals surface area contributed by atoms with Crippen LogP contribution in [0, 0.1) is 5.82 Å². The molecule has 10 nitrogen and oxygen atoms in total. The number of ether oxygens (including phenoxy) is 3. The Morgan fingerprint density at radius 1 is 1.04 bits per heavy atom. The van der Waals surface area contributed by atoms with Gasteiger partial charge in [-0.3, -0.25) is 4.79 Å². The van der Waals surface area contributed by atoms with Crippen molar-refractivity contribution in [3.05, 3.63) is 78.4 Å². The van der Waals surface area contributed by atoms with E-state index in [0.717, 1.165) is 48.5 Å². The van der Waals surface area contributed by atoms with Crippen molar-refractivity contribution in [3.63, 3.8) is 0 Å². The molecule has 2 amide bonds. The van der Waals surface area contributed by atoms with Gasteiger partial charge >= 0.3 is 6.09 Å². The van der Waals surface area contributed by atoms with Gasteiger partial charge in [-0.05, 0) is 89.1 Å². The topological polar surface area (TPSA) is 107 Å². The van der Waals surface area contributed by atoms with Gasteiger partial charge in [-0.25, -0.2) is 14.2 Å². The van der Waals surface area contributed by atoms with E-state index < -0.39 is 31.6 Å². The lowest BCUT2D eigenvalue weighted by Gasteiger charge is -2.31. The summed E-state index contributed by atoms with van der Waals surface area (Å²) in [6, 6.07) is 16.3. The van der Waals surface area contributed by atoms with Crippen molar-refractivity contribution >= 4 is 31.1 Å². The summed E-state index contributed by atoms with van der Waals surface area (Å²) < 4.78 is 35.6. The molecule has 1 aliphatic rings. The van der Waals surface area contributed by atoms with Crippen molar-refractivity contribution in [2.75, 3.05) is 26.7 Å². The summed E-state index contributed by atoms with van der Waals surface area (Å²) in [4.78, 5) is 33.1. The van der Waals surface area contributed by atoms with Gasteiger partial charge in [0, 0.05) is 45.1 Å². The normalized spacial score (nSPS) is 15.1. The van der Waals surface area contributed by atoms with Crippen LogP contribution in [0.5, 0.6) is 11.5 Å². The van der Waals surface area contributed by atoms with Crippen molar-refractivity contribution in [1.82, 2.24) is 25.1 Å². The van der Waals surface area contributed by atoms with Crippen molar-refractivity contribution in [3.8, 4) is 22.6 Å². The molecule has 0 radical (unpaired) electrons. The number of hydrogen-bond donors (Lipinski definition) is 2. The molecule has 51 heavy (non-hydrogen) atoms. The third kappa shape index (κ3) is 10.9. The first-order valence-electron chi connectivity index (χ1n) is 17.7. The standard InChI is InChI=1S/C39H52FN5O5Si/c1-39(2,3)50-38(47)43-32(37(46)42-29-16-19-44(4)20-17-29)24-27-13-14-33(31(40)23-27)49-34-15-18-41-36-35(34)30(28-11-9-8-10-12-28)25-45(36)26-48-21-22-51(5,6)7/h8-15,18,23,25,29,32H,16-17,19-22,24,26H2,1-7H3,(H,42,46)(H,43,47)/t32-/m0/s1. The fourth-order valence-electron chi connectivity index (χ4n) is 5.97. The molecule has 4 aromatic rings. The first kappa shape index (κ1) is 38.0. The average molecular weight is 718 g/mol. The molecule has 1 saturated heterocycles. The molecular formula is C39H52FN5O5Si. The number of hydrogen-bond acceptors (Lipinski definition) is 7.